The number of benzene rings is 1. The van der Waals surface area contributed by atoms with E-state index >= 15 is 0 Å². The van der Waals surface area contributed by atoms with E-state index in [0.717, 1.165) is 16.3 Å². The highest BCUT2D eigenvalue weighted by molar-refractivity contribution is 7.90. The maximum Gasteiger partial charge on any atom is 0.342 e. The number of aromatic nitrogens is 2. The number of aryl methyl sites for hydroxylation is 1. The third-order valence-corrected chi connectivity index (χ3v) is 4.93. The largest absolute Gasteiger partial charge is 0.383 e. The molecule has 1 heterocycles. The van der Waals surface area contributed by atoms with E-state index < -0.39 is 20.9 Å². The van der Waals surface area contributed by atoms with Gasteiger partial charge in [0, 0.05) is 20.3 Å². The van der Waals surface area contributed by atoms with E-state index in [9.17, 15) is 23.3 Å². The van der Waals surface area contributed by atoms with Crippen LogP contribution in [-0.2, 0) is 21.9 Å². The zero-order chi connectivity index (χ0) is 20.4. The Balaban J connectivity index is 2.42. The van der Waals surface area contributed by atoms with Crippen LogP contribution in [0.1, 0.15) is 11.4 Å². The highest BCUT2D eigenvalue weighted by atomic mass is 32.2. The van der Waals surface area contributed by atoms with Crippen LogP contribution >= 0.6 is 0 Å². The van der Waals surface area contributed by atoms with Crippen molar-refractivity contribution in [3.8, 4) is 0 Å². The first-order valence-electron chi connectivity index (χ1n) is 7.71. The third kappa shape index (κ3) is 4.50. The van der Waals surface area contributed by atoms with Gasteiger partial charge in [0.15, 0.2) is 0 Å². The zero-order valence-electron chi connectivity index (χ0n) is 15.2. The van der Waals surface area contributed by atoms with E-state index in [2.05, 4.69) is 4.98 Å². The molecular weight excluding hydrogens is 374 g/mol. The molecule has 27 heavy (non-hydrogen) atoms. The van der Waals surface area contributed by atoms with Crippen LogP contribution in [0, 0.1) is 17.0 Å². The first kappa shape index (κ1) is 20.1. The Kier molecular flexibility index (Phi) is 5.64. The number of carbonyl (C=O) groups is 1. The zero-order valence-corrected chi connectivity index (χ0v) is 16.0. The Bertz CT molecular complexity index is 1010. The molecule has 0 unspecified atom stereocenters. The number of hydrogen-bond acceptors (Lipinski definition) is 7. The highest BCUT2D eigenvalue weighted by Gasteiger charge is 2.28. The van der Waals surface area contributed by atoms with E-state index in [1.165, 1.54) is 30.3 Å². The number of nitro groups is 1. The van der Waals surface area contributed by atoms with E-state index in [1.54, 1.807) is 33.2 Å². The molecule has 11 heteroatoms. The highest BCUT2D eigenvalue weighted by Crippen LogP contribution is 2.20. The number of rotatable bonds is 6. The van der Waals surface area contributed by atoms with Gasteiger partial charge in [-0.05, 0) is 24.0 Å². The van der Waals surface area contributed by atoms with E-state index in [0.29, 0.717) is 0 Å². The minimum absolute atomic E-state index is 0.0352. The number of nitrogens with zero attached hydrogens (tertiary/aromatic N) is 4. The molecule has 0 aliphatic rings. The van der Waals surface area contributed by atoms with Crippen LogP contribution in [0.25, 0.3) is 5.57 Å². The van der Waals surface area contributed by atoms with Gasteiger partial charge < -0.3 is 15.0 Å². The summed E-state index contributed by atoms with van der Waals surface area (Å²) in [5.41, 5.74) is 0.736. The van der Waals surface area contributed by atoms with Crippen molar-refractivity contribution in [2.45, 2.75) is 11.8 Å². The normalized spacial score (nSPS) is 11.9. The third-order valence-electron chi connectivity index (χ3n) is 3.58. The van der Waals surface area contributed by atoms with Crippen LogP contribution in [0.15, 0.2) is 41.6 Å². The molecule has 1 aromatic carbocycles. The Morgan fingerprint density at radius 2 is 1.89 bits per heavy atom. The summed E-state index contributed by atoms with van der Waals surface area (Å²) < 4.78 is 28.0. The quantitative estimate of drug-likeness (QED) is 0.441. The second-order valence-electron chi connectivity index (χ2n) is 6.01. The molecule has 10 nitrogen and oxygen atoms in total. The monoisotopic (exact) mass is 393 g/mol. The minimum atomic E-state index is -4.12. The Morgan fingerprint density at radius 3 is 2.37 bits per heavy atom. The molecule has 2 aromatic rings. The molecular formula is C16H19N5O5S. The first-order chi connectivity index (χ1) is 12.5. The summed E-state index contributed by atoms with van der Waals surface area (Å²) in [5.74, 6) is -1.32. The predicted octanol–water partition coefficient (Wildman–Crippen LogP) is 1.04. The van der Waals surface area contributed by atoms with E-state index in [4.69, 9.17) is 0 Å². The van der Waals surface area contributed by atoms with Gasteiger partial charge in [-0.3, -0.25) is 4.79 Å². The summed E-state index contributed by atoms with van der Waals surface area (Å²) in [6.45, 7) is 1.81. The fraction of sp³-hybridized carbons (Fsp3) is 0.250. The summed E-state index contributed by atoms with van der Waals surface area (Å²) in [6.07, 6.45) is 2.34. The average molecular weight is 393 g/mol. The van der Waals surface area contributed by atoms with Crippen molar-refractivity contribution in [1.29, 1.82) is 0 Å². The Morgan fingerprint density at radius 1 is 1.30 bits per heavy atom. The average Bonchev–Trinajstić information content (AvgIpc) is 2.94. The molecule has 1 amide bonds. The van der Waals surface area contributed by atoms with Crippen LogP contribution < -0.4 is 4.72 Å². The number of sulfonamides is 1. The molecule has 144 valence electrons. The predicted molar refractivity (Wildman–Crippen MR) is 98.0 cm³/mol. The van der Waals surface area contributed by atoms with Crippen molar-refractivity contribution in [1.82, 2.24) is 19.2 Å². The molecule has 0 aliphatic carbocycles. The van der Waals surface area contributed by atoms with Gasteiger partial charge in [-0.25, -0.2) is 22.7 Å². The first-order valence-corrected chi connectivity index (χ1v) is 9.20. The van der Waals surface area contributed by atoms with Crippen LogP contribution in [0.2, 0.25) is 0 Å². The van der Waals surface area contributed by atoms with E-state index in [-0.39, 0.29) is 22.1 Å². The van der Waals surface area contributed by atoms with Gasteiger partial charge in [-0.1, -0.05) is 17.7 Å². The van der Waals surface area contributed by atoms with E-state index in [1.807, 2.05) is 4.72 Å². The molecule has 0 spiro atoms. The molecule has 0 atom stereocenters. The number of carbonyl (C=O) groups excluding carboxylic acids is 1. The van der Waals surface area contributed by atoms with Crippen molar-refractivity contribution < 1.29 is 18.1 Å². The van der Waals surface area contributed by atoms with Gasteiger partial charge >= 0.3 is 5.82 Å². The summed E-state index contributed by atoms with van der Waals surface area (Å²) in [5, 5.41) is 11.0. The molecule has 0 bridgehead atoms. The lowest BCUT2D eigenvalue weighted by Gasteiger charge is -2.11. The van der Waals surface area contributed by atoms with Gasteiger partial charge in [-0.2, -0.15) is 0 Å². The van der Waals surface area contributed by atoms with Crippen LogP contribution in [0.3, 0.4) is 0 Å². The Hall–Kier alpha value is -3.21. The standard InChI is InChI=1S/C16H19N5O5S/c1-11-5-7-12(8-6-11)27(25,26)18-16(22)13(10-19(2)3)15-17-9-14(20(15)4)21(23)24/h5-10H,1-4H3,(H,18,22)/b13-10-. The van der Waals surface area contributed by atoms with Gasteiger partial charge in [-0.15, -0.1) is 0 Å². The van der Waals surface area contributed by atoms with Crippen molar-refractivity contribution in [2.75, 3.05) is 14.1 Å². The van der Waals surface area contributed by atoms with Crippen molar-refractivity contribution >= 4 is 27.3 Å². The van der Waals surface area contributed by atoms with Crippen LogP contribution in [-0.4, -0.2) is 47.8 Å². The minimum Gasteiger partial charge on any atom is -0.383 e. The van der Waals surface area contributed by atoms with Gasteiger partial charge in [0.2, 0.25) is 5.82 Å². The molecule has 0 radical (unpaired) electrons. The molecule has 1 N–H and O–H groups in total. The fourth-order valence-electron chi connectivity index (χ4n) is 2.25. The van der Waals surface area contributed by atoms with Crippen molar-refractivity contribution in [2.24, 2.45) is 7.05 Å². The van der Waals surface area contributed by atoms with Crippen molar-refractivity contribution in [3.05, 3.63) is 58.2 Å². The summed E-state index contributed by atoms with van der Waals surface area (Å²) >= 11 is 0. The summed E-state index contributed by atoms with van der Waals surface area (Å²) in [7, 11) is 0.498. The van der Waals surface area contributed by atoms with Gasteiger partial charge in [0.05, 0.1) is 11.9 Å². The number of hydrogen-bond donors (Lipinski definition) is 1. The molecule has 0 aliphatic heterocycles. The lowest BCUT2D eigenvalue weighted by Crippen LogP contribution is -2.32. The Labute approximate surface area is 156 Å². The van der Waals surface area contributed by atoms with Crippen molar-refractivity contribution in [3.63, 3.8) is 0 Å². The second-order valence-corrected chi connectivity index (χ2v) is 7.69. The topological polar surface area (TPSA) is 127 Å². The summed E-state index contributed by atoms with van der Waals surface area (Å²) in [6, 6.07) is 5.98. The fourth-order valence-corrected chi connectivity index (χ4v) is 3.22. The van der Waals surface area contributed by atoms with Crippen LogP contribution in [0.4, 0.5) is 5.82 Å². The molecule has 0 saturated heterocycles. The van der Waals surface area contributed by atoms with Gasteiger partial charge in [0.1, 0.15) is 11.8 Å². The number of imidazole rings is 1. The SMILES string of the molecule is Cc1ccc(S(=O)(=O)NC(=O)/C(=C\N(C)C)c2ncc([N+](=O)[O-])n2C)cc1. The molecule has 1 aromatic heterocycles. The van der Waals surface area contributed by atoms with Crippen LogP contribution in [0.5, 0.6) is 0 Å². The second kappa shape index (κ2) is 7.58. The lowest BCUT2D eigenvalue weighted by atomic mass is 10.2. The summed E-state index contributed by atoms with van der Waals surface area (Å²) in [4.78, 5) is 28.4. The maximum absolute atomic E-state index is 12.7. The van der Waals surface area contributed by atoms with Gasteiger partial charge in [0.25, 0.3) is 15.9 Å². The molecule has 0 saturated carbocycles. The lowest BCUT2D eigenvalue weighted by molar-refractivity contribution is -0.391. The molecule has 0 fully saturated rings. The number of amides is 1. The maximum atomic E-state index is 12.7. The smallest absolute Gasteiger partial charge is 0.342 e. The number of nitrogens with one attached hydrogen (secondary N) is 1. The molecule has 2 rings (SSSR count).